The summed E-state index contributed by atoms with van der Waals surface area (Å²) >= 11 is 0. The van der Waals surface area contributed by atoms with Gasteiger partial charge in [-0.3, -0.25) is 14.6 Å². The second-order valence-corrected chi connectivity index (χ2v) is 5.62. The molecule has 0 radical (unpaired) electrons. The fourth-order valence-corrected chi connectivity index (χ4v) is 2.82. The maximum Gasteiger partial charge on any atom is 0.255 e. The van der Waals surface area contributed by atoms with Crippen molar-refractivity contribution < 1.29 is 14.3 Å². The second-order valence-electron chi connectivity index (χ2n) is 5.62. The Kier molecular flexibility index (Phi) is 4.86. The number of ether oxygens (including phenoxy) is 1. The third-order valence-corrected chi connectivity index (χ3v) is 3.97. The molecular weight excluding hydrogens is 306 g/mol. The van der Waals surface area contributed by atoms with Crippen LogP contribution < -0.4 is 10.2 Å². The zero-order valence-electron chi connectivity index (χ0n) is 13.5. The molecule has 1 aromatic heterocycles. The molecule has 24 heavy (non-hydrogen) atoms. The highest BCUT2D eigenvalue weighted by Gasteiger charge is 2.22. The predicted octanol–water partition coefficient (Wildman–Crippen LogP) is 2.26. The molecule has 1 aliphatic rings. The largest absolute Gasteiger partial charge is 0.375 e. The fraction of sp³-hybridized carbons (Fsp3) is 0.278. The van der Waals surface area contributed by atoms with Crippen molar-refractivity contribution in [1.82, 2.24) is 4.98 Å². The van der Waals surface area contributed by atoms with Crippen LogP contribution in [0.25, 0.3) is 0 Å². The topological polar surface area (TPSA) is 71.5 Å². The third kappa shape index (κ3) is 3.44. The van der Waals surface area contributed by atoms with Crippen LogP contribution >= 0.6 is 0 Å². The average molecular weight is 325 g/mol. The highest BCUT2D eigenvalue weighted by atomic mass is 16.5. The van der Waals surface area contributed by atoms with Gasteiger partial charge >= 0.3 is 0 Å². The number of hydrogen-bond donors (Lipinski definition) is 1. The fourth-order valence-electron chi connectivity index (χ4n) is 2.82. The van der Waals surface area contributed by atoms with Gasteiger partial charge in [0.05, 0.1) is 0 Å². The summed E-state index contributed by atoms with van der Waals surface area (Å²) in [4.78, 5) is 30.1. The van der Waals surface area contributed by atoms with E-state index in [0.717, 1.165) is 24.1 Å². The van der Waals surface area contributed by atoms with Gasteiger partial charge in [0.1, 0.15) is 6.61 Å². The molecular formula is C18H19N3O3. The molecule has 0 unspecified atom stereocenters. The lowest BCUT2D eigenvalue weighted by molar-refractivity contribution is -0.122. The summed E-state index contributed by atoms with van der Waals surface area (Å²) in [5.74, 6) is -0.279. The summed E-state index contributed by atoms with van der Waals surface area (Å²) in [6, 6.07) is 8.98. The molecule has 0 saturated heterocycles. The normalized spacial score (nSPS) is 13.3. The van der Waals surface area contributed by atoms with Gasteiger partial charge in [-0.05, 0) is 42.7 Å². The van der Waals surface area contributed by atoms with Gasteiger partial charge in [-0.25, -0.2) is 0 Å². The summed E-state index contributed by atoms with van der Waals surface area (Å²) in [7, 11) is 1.51. The van der Waals surface area contributed by atoms with E-state index in [4.69, 9.17) is 4.74 Å². The summed E-state index contributed by atoms with van der Waals surface area (Å²) < 4.78 is 4.96. The van der Waals surface area contributed by atoms with Crippen molar-refractivity contribution in [3.8, 4) is 0 Å². The molecule has 2 amide bonds. The molecule has 124 valence electrons. The number of nitrogens with one attached hydrogen (secondary N) is 1. The smallest absolute Gasteiger partial charge is 0.255 e. The van der Waals surface area contributed by atoms with Crippen LogP contribution in [0.2, 0.25) is 0 Å². The average Bonchev–Trinajstić information content (AvgIpc) is 2.62. The molecule has 3 rings (SSSR count). The summed E-state index contributed by atoms with van der Waals surface area (Å²) in [6.07, 6.45) is 5.00. The first kappa shape index (κ1) is 16.1. The van der Waals surface area contributed by atoms with E-state index in [1.807, 2.05) is 18.2 Å². The minimum atomic E-state index is -0.206. The van der Waals surface area contributed by atoms with Crippen molar-refractivity contribution in [2.75, 3.05) is 30.5 Å². The van der Waals surface area contributed by atoms with Crippen molar-refractivity contribution >= 4 is 23.2 Å². The van der Waals surface area contributed by atoms with Crippen LogP contribution in [0.15, 0.2) is 42.7 Å². The van der Waals surface area contributed by atoms with E-state index in [9.17, 15) is 9.59 Å². The van der Waals surface area contributed by atoms with Gasteiger partial charge in [0.15, 0.2) is 0 Å². The van der Waals surface area contributed by atoms with Crippen molar-refractivity contribution in [2.45, 2.75) is 12.8 Å². The van der Waals surface area contributed by atoms with E-state index >= 15 is 0 Å². The number of fused-ring (bicyclic) bond motifs is 1. The minimum absolute atomic E-state index is 0.0487. The molecule has 0 atom stereocenters. The number of carbonyl (C=O) groups excluding carboxylic acids is 2. The van der Waals surface area contributed by atoms with Crippen molar-refractivity contribution in [1.29, 1.82) is 0 Å². The quantitative estimate of drug-likeness (QED) is 0.936. The Bertz CT molecular complexity index is 746. The van der Waals surface area contributed by atoms with Gasteiger partial charge in [0.2, 0.25) is 0 Å². The van der Waals surface area contributed by atoms with Gasteiger partial charge in [0.25, 0.3) is 11.8 Å². The molecule has 0 saturated carbocycles. The molecule has 6 nitrogen and oxygen atoms in total. The maximum absolute atomic E-state index is 12.3. The Morgan fingerprint density at radius 1 is 1.25 bits per heavy atom. The Balaban J connectivity index is 1.83. The minimum Gasteiger partial charge on any atom is -0.375 e. The highest BCUT2D eigenvalue weighted by molar-refractivity contribution is 6.05. The SMILES string of the molecule is COCC(=O)N1CCCc2ccc(NC(=O)c3ccncc3)cc21. The summed E-state index contributed by atoms with van der Waals surface area (Å²) in [5, 5.41) is 2.86. The maximum atomic E-state index is 12.3. The van der Waals surface area contributed by atoms with Gasteiger partial charge in [-0.15, -0.1) is 0 Å². The number of benzene rings is 1. The number of hydrogen-bond acceptors (Lipinski definition) is 4. The first-order chi connectivity index (χ1) is 11.7. The number of anilines is 2. The molecule has 0 aliphatic carbocycles. The van der Waals surface area contributed by atoms with E-state index in [2.05, 4.69) is 10.3 Å². The van der Waals surface area contributed by atoms with Crippen LogP contribution in [-0.4, -0.2) is 37.1 Å². The number of aromatic nitrogens is 1. The van der Waals surface area contributed by atoms with Crippen LogP contribution in [0.1, 0.15) is 22.3 Å². The first-order valence-corrected chi connectivity index (χ1v) is 7.82. The molecule has 1 aliphatic heterocycles. The van der Waals surface area contributed by atoms with Crippen molar-refractivity contribution in [2.24, 2.45) is 0 Å². The number of rotatable bonds is 4. The number of aryl methyl sites for hydroxylation is 1. The number of nitrogens with zero attached hydrogens (tertiary/aromatic N) is 2. The van der Waals surface area contributed by atoms with Crippen LogP contribution in [0.5, 0.6) is 0 Å². The highest BCUT2D eigenvalue weighted by Crippen LogP contribution is 2.30. The molecule has 1 N–H and O–H groups in total. The Hall–Kier alpha value is -2.73. The molecule has 0 fully saturated rings. The standard InChI is InChI=1S/C18H19N3O3/c1-24-12-17(22)21-10-2-3-13-4-5-15(11-16(13)21)20-18(23)14-6-8-19-9-7-14/h4-9,11H,2-3,10,12H2,1H3,(H,20,23). The van der Waals surface area contributed by atoms with Gasteiger partial charge in [-0.2, -0.15) is 0 Å². The van der Waals surface area contributed by atoms with Gasteiger partial charge in [-0.1, -0.05) is 6.07 Å². The van der Waals surface area contributed by atoms with Crippen molar-refractivity contribution in [3.63, 3.8) is 0 Å². The monoisotopic (exact) mass is 325 g/mol. The van der Waals surface area contributed by atoms with Crippen molar-refractivity contribution in [3.05, 3.63) is 53.9 Å². The molecule has 1 aromatic carbocycles. The Morgan fingerprint density at radius 3 is 2.79 bits per heavy atom. The molecule has 2 heterocycles. The number of pyridine rings is 1. The van der Waals surface area contributed by atoms with Crippen LogP contribution in [-0.2, 0) is 16.0 Å². The van der Waals surface area contributed by atoms with Crippen LogP contribution in [0.4, 0.5) is 11.4 Å². The van der Waals surface area contributed by atoms with Gasteiger partial charge in [0, 0.05) is 43.0 Å². The van der Waals surface area contributed by atoms with E-state index in [-0.39, 0.29) is 18.4 Å². The molecule has 0 spiro atoms. The number of amides is 2. The lowest BCUT2D eigenvalue weighted by Gasteiger charge is -2.29. The van der Waals surface area contributed by atoms with Crippen LogP contribution in [0, 0.1) is 0 Å². The second kappa shape index (κ2) is 7.23. The Morgan fingerprint density at radius 2 is 2.04 bits per heavy atom. The Labute approximate surface area is 140 Å². The third-order valence-electron chi connectivity index (χ3n) is 3.97. The first-order valence-electron chi connectivity index (χ1n) is 7.82. The molecule has 6 heteroatoms. The zero-order valence-corrected chi connectivity index (χ0v) is 13.5. The number of carbonyl (C=O) groups is 2. The van der Waals surface area contributed by atoms with E-state index in [1.54, 1.807) is 29.4 Å². The molecule has 0 bridgehead atoms. The summed E-state index contributed by atoms with van der Waals surface area (Å²) in [5.41, 5.74) is 3.14. The van der Waals surface area contributed by atoms with Crippen LogP contribution in [0.3, 0.4) is 0 Å². The van der Waals surface area contributed by atoms with E-state index in [0.29, 0.717) is 17.8 Å². The number of methoxy groups -OCH3 is 1. The predicted molar refractivity (Wildman–Crippen MR) is 91.2 cm³/mol. The molecule has 2 aromatic rings. The van der Waals surface area contributed by atoms with E-state index in [1.165, 1.54) is 7.11 Å². The van der Waals surface area contributed by atoms with Gasteiger partial charge < -0.3 is 15.0 Å². The lowest BCUT2D eigenvalue weighted by atomic mass is 10.0. The summed E-state index contributed by atoms with van der Waals surface area (Å²) in [6.45, 7) is 0.712. The zero-order chi connectivity index (χ0) is 16.9. The lowest BCUT2D eigenvalue weighted by Crippen LogP contribution is -2.37. The van der Waals surface area contributed by atoms with E-state index < -0.39 is 0 Å².